The van der Waals surface area contributed by atoms with Crippen molar-refractivity contribution in [1.82, 2.24) is 24.9 Å². The van der Waals surface area contributed by atoms with Crippen LogP contribution in [0.15, 0.2) is 79.4 Å². The Bertz CT molecular complexity index is 1540. The van der Waals surface area contributed by atoms with E-state index in [0.29, 0.717) is 29.3 Å². The number of ketones is 1. The molecule has 154 valence electrons. The number of pyridine rings is 2. The van der Waals surface area contributed by atoms with Gasteiger partial charge in [0.25, 0.3) is 0 Å². The summed E-state index contributed by atoms with van der Waals surface area (Å²) in [5, 5.41) is 1.02. The monoisotopic (exact) mass is 419 g/mol. The van der Waals surface area contributed by atoms with Crippen LogP contribution < -0.4 is 4.74 Å². The number of carbonyl (C=O) groups is 1. The molecule has 7 heteroatoms. The average Bonchev–Trinajstić information content (AvgIpc) is 3.47. The van der Waals surface area contributed by atoms with E-state index in [2.05, 4.69) is 24.9 Å². The summed E-state index contributed by atoms with van der Waals surface area (Å²) in [6.45, 7) is 0. The Kier molecular flexibility index (Phi) is 4.18. The van der Waals surface area contributed by atoms with Crippen LogP contribution in [-0.4, -0.2) is 30.7 Å². The van der Waals surface area contributed by atoms with Gasteiger partial charge in [0.2, 0.25) is 0 Å². The minimum absolute atomic E-state index is 0.0282. The zero-order valence-electron chi connectivity index (χ0n) is 16.9. The molecule has 0 saturated heterocycles. The first kappa shape index (κ1) is 18.3. The van der Waals surface area contributed by atoms with Gasteiger partial charge in [0.15, 0.2) is 5.78 Å². The Morgan fingerprint density at radius 3 is 2.78 bits per heavy atom. The highest BCUT2D eigenvalue weighted by Crippen LogP contribution is 2.32. The Labute approximate surface area is 182 Å². The van der Waals surface area contributed by atoms with E-state index >= 15 is 0 Å². The van der Waals surface area contributed by atoms with E-state index < -0.39 is 0 Å². The molecule has 5 aromatic rings. The van der Waals surface area contributed by atoms with Crippen molar-refractivity contribution in [1.29, 1.82) is 0 Å². The van der Waals surface area contributed by atoms with Crippen LogP contribution in [0.25, 0.3) is 33.2 Å². The molecule has 7 nitrogen and oxygen atoms in total. The van der Waals surface area contributed by atoms with E-state index in [4.69, 9.17) is 4.74 Å². The number of nitrogens with zero attached hydrogens (tertiary/aromatic N) is 3. The normalized spacial score (nSPS) is 13.9. The number of allylic oxidation sites excluding steroid dienone is 4. The highest BCUT2D eigenvalue weighted by atomic mass is 16.5. The molecular weight excluding hydrogens is 402 g/mol. The fourth-order valence-electron chi connectivity index (χ4n) is 3.93. The number of fused-ring (bicyclic) bond motifs is 2. The van der Waals surface area contributed by atoms with Crippen molar-refractivity contribution < 1.29 is 9.53 Å². The van der Waals surface area contributed by atoms with Gasteiger partial charge < -0.3 is 14.7 Å². The first-order valence-corrected chi connectivity index (χ1v) is 10.2. The molecule has 0 spiro atoms. The van der Waals surface area contributed by atoms with Gasteiger partial charge in [0, 0.05) is 42.7 Å². The van der Waals surface area contributed by atoms with Gasteiger partial charge in [-0.3, -0.25) is 9.78 Å². The van der Waals surface area contributed by atoms with Gasteiger partial charge in [-0.25, -0.2) is 9.97 Å². The lowest BCUT2D eigenvalue weighted by molar-refractivity contribution is -0.113. The number of hydrogen-bond donors (Lipinski definition) is 2. The summed E-state index contributed by atoms with van der Waals surface area (Å²) in [7, 11) is 0. The van der Waals surface area contributed by atoms with Gasteiger partial charge in [-0.05, 0) is 53.6 Å². The fourth-order valence-corrected chi connectivity index (χ4v) is 3.93. The molecule has 0 radical (unpaired) electrons. The van der Waals surface area contributed by atoms with Crippen LogP contribution in [0, 0.1) is 0 Å². The molecular formula is C25H17N5O2. The van der Waals surface area contributed by atoms with Gasteiger partial charge in [-0.15, -0.1) is 0 Å². The van der Waals surface area contributed by atoms with E-state index in [9.17, 15) is 4.79 Å². The van der Waals surface area contributed by atoms with Crippen molar-refractivity contribution in [2.45, 2.75) is 6.42 Å². The molecule has 4 heterocycles. The molecule has 1 aliphatic carbocycles. The molecule has 0 amide bonds. The largest absolute Gasteiger partial charge is 0.457 e. The highest BCUT2D eigenvalue weighted by Gasteiger charge is 2.21. The molecule has 0 unspecified atom stereocenters. The zero-order chi connectivity index (χ0) is 21.5. The van der Waals surface area contributed by atoms with E-state index in [1.54, 1.807) is 30.7 Å². The molecule has 0 atom stereocenters. The highest BCUT2D eigenvalue weighted by molar-refractivity contribution is 6.24. The summed E-state index contributed by atoms with van der Waals surface area (Å²) in [5.41, 5.74) is 4.97. The van der Waals surface area contributed by atoms with Crippen LogP contribution in [-0.2, 0) is 4.79 Å². The third kappa shape index (κ3) is 3.16. The third-order valence-electron chi connectivity index (χ3n) is 5.47. The Hall–Kier alpha value is -4.52. The van der Waals surface area contributed by atoms with Crippen molar-refractivity contribution in [2.75, 3.05) is 0 Å². The minimum atomic E-state index is 0.0282. The number of Topliss-reactive ketones (excluding diaryl/α,β-unsaturated/α-hetero) is 1. The molecule has 2 N–H and O–H groups in total. The van der Waals surface area contributed by atoms with Gasteiger partial charge in [-0.1, -0.05) is 6.08 Å². The van der Waals surface area contributed by atoms with Crippen molar-refractivity contribution in [3.05, 3.63) is 90.8 Å². The number of aromatic nitrogens is 5. The molecule has 6 rings (SSSR count). The molecule has 0 aliphatic heterocycles. The number of nitrogens with one attached hydrogen (secondary N) is 2. The number of aromatic amines is 2. The number of imidazole rings is 1. The van der Waals surface area contributed by atoms with Crippen LogP contribution in [0.3, 0.4) is 0 Å². The predicted octanol–water partition coefficient (Wildman–Crippen LogP) is 5.07. The van der Waals surface area contributed by atoms with Gasteiger partial charge in [0.1, 0.15) is 23.0 Å². The minimum Gasteiger partial charge on any atom is -0.457 e. The van der Waals surface area contributed by atoms with Crippen molar-refractivity contribution in [3.8, 4) is 11.5 Å². The lowest BCUT2D eigenvalue weighted by Gasteiger charge is -2.12. The van der Waals surface area contributed by atoms with Gasteiger partial charge in [-0.2, -0.15) is 0 Å². The maximum atomic E-state index is 12.7. The van der Waals surface area contributed by atoms with Crippen LogP contribution in [0.1, 0.15) is 17.8 Å². The van der Waals surface area contributed by atoms with E-state index in [0.717, 1.165) is 33.2 Å². The average molecular weight is 419 g/mol. The lowest BCUT2D eigenvalue weighted by Crippen LogP contribution is -2.07. The first-order valence-electron chi connectivity index (χ1n) is 10.2. The summed E-state index contributed by atoms with van der Waals surface area (Å²) in [6, 6.07) is 13.2. The van der Waals surface area contributed by atoms with Crippen LogP contribution in [0.2, 0.25) is 0 Å². The standard InChI is InChI=1S/C25H17N5O2/c31-23-4-1-15(18-7-11-27-24-19(18)8-12-28-24)13-20(23)25-29-21-3-2-17(14-22(21)30-25)32-16-5-9-26-10-6-16/h1-3,5-14H,4H2,(H,27,28)(H,29,30). The smallest absolute Gasteiger partial charge is 0.170 e. The second-order valence-electron chi connectivity index (χ2n) is 7.49. The zero-order valence-corrected chi connectivity index (χ0v) is 16.9. The number of hydrogen-bond acceptors (Lipinski definition) is 5. The fraction of sp³-hybridized carbons (Fsp3) is 0.0400. The van der Waals surface area contributed by atoms with Crippen molar-refractivity contribution in [2.24, 2.45) is 0 Å². The summed E-state index contributed by atoms with van der Waals surface area (Å²) < 4.78 is 5.88. The van der Waals surface area contributed by atoms with E-state index in [1.807, 2.05) is 48.7 Å². The summed E-state index contributed by atoms with van der Waals surface area (Å²) in [5.74, 6) is 1.96. The third-order valence-corrected chi connectivity index (χ3v) is 5.47. The number of rotatable bonds is 4. The Balaban J connectivity index is 1.37. The number of benzene rings is 1. The maximum absolute atomic E-state index is 12.7. The van der Waals surface area contributed by atoms with E-state index in [-0.39, 0.29) is 5.78 Å². The van der Waals surface area contributed by atoms with E-state index in [1.165, 1.54) is 0 Å². The number of carbonyl (C=O) groups excluding carboxylic acids is 1. The van der Waals surface area contributed by atoms with Crippen molar-refractivity contribution in [3.63, 3.8) is 0 Å². The van der Waals surface area contributed by atoms with Crippen LogP contribution in [0.5, 0.6) is 11.5 Å². The Morgan fingerprint density at radius 1 is 0.969 bits per heavy atom. The molecule has 1 aromatic carbocycles. The summed E-state index contributed by atoms with van der Waals surface area (Å²) in [4.78, 5) is 32.2. The van der Waals surface area contributed by atoms with Crippen LogP contribution in [0.4, 0.5) is 0 Å². The molecule has 0 fully saturated rings. The van der Waals surface area contributed by atoms with Crippen molar-refractivity contribution >= 4 is 39.0 Å². The van der Waals surface area contributed by atoms with Crippen LogP contribution >= 0.6 is 0 Å². The molecule has 32 heavy (non-hydrogen) atoms. The quantitative estimate of drug-likeness (QED) is 0.424. The second kappa shape index (κ2) is 7.31. The maximum Gasteiger partial charge on any atom is 0.170 e. The lowest BCUT2D eigenvalue weighted by atomic mass is 9.92. The van der Waals surface area contributed by atoms with Gasteiger partial charge >= 0.3 is 0 Å². The second-order valence-corrected chi connectivity index (χ2v) is 7.49. The number of H-pyrrole nitrogens is 2. The first-order chi connectivity index (χ1) is 15.7. The molecule has 4 aromatic heterocycles. The molecule has 1 aliphatic rings. The number of ether oxygens (including phenoxy) is 1. The molecule has 0 bridgehead atoms. The summed E-state index contributed by atoms with van der Waals surface area (Å²) >= 11 is 0. The molecule has 0 saturated carbocycles. The van der Waals surface area contributed by atoms with Gasteiger partial charge in [0.05, 0.1) is 16.6 Å². The SMILES string of the molecule is O=C1CC=C(c2ccnc3[nH]ccc23)C=C1c1nc2ccc(Oc3ccncc3)cc2[nH]1. The predicted molar refractivity (Wildman–Crippen MR) is 122 cm³/mol. The topological polar surface area (TPSA) is 96.6 Å². The Morgan fingerprint density at radius 2 is 1.88 bits per heavy atom. The summed E-state index contributed by atoms with van der Waals surface area (Å²) in [6.07, 6.45) is 11.2.